The maximum Gasteiger partial charge on any atom is 0.264 e. The molecule has 0 radical (unpaired) electrons. The van der Waals surface area contributed by atoms with Gasteiger partial charge in [0, 0.05) is 51.8 Å². The Morgan fingerprint density at radius 2 is 1.62 bits per heavy atom. The zero-order valence-electron chi connectivity index (χ0n) is 27.9. The number of piperazine rings is 1. The first kappa shape index (κ1) is 33.9. The molecule has 3 aromatic rings. The van der Waals surface area contributed by atoms with Crippen molar-refractivity contribution in [1.82, 2.24) is 15.1 Å². The summed E-state index contributed by atoms with van der Waals surface area (Å²) in [6.45, 7) is 8.64. The van der Waals surface area contributed by atoms with E-state index in [0.717, 1.165) is 37.4 Å². The van der Waals surface area contributed by atoms with E-state index >= 15 is 0 Å². The molecule has 2 aliphatic heterocycles. The number of benzene rings is 3. The molecule has 1 unspecified atom stereocenters. The number of imide groups is 1. The van der Waals surface area contributed by atoms with Gasteiger partial charge in [0.15, 0.2) is 11.5 Å². The SMILES string of the molecule is CCOCCC(=O)NCCCC(c1ccc(OC)c(OC)c1)N1C(=O)c2cccc(N3CCN([C@H](C)c4ccccc4)CC3)c2C1=O. The second kappa shape index (κ2) is 15.9. The third-order valence-electron chi connectivity index (χ3n) is 9.17. The van der Waals surface area contributed by atoms with Crippen molar-refractivity contribution in [2.24, 2.45) is 0 Å². The van der Waals surface area contributed by atoms with E-state index in [0.29, 0.717) is 55.2 Å². The number of anilines is 1. The van der Waals surface area contributed by atoms with Gasteiger partial charge in [0.2, 0.25) is 5.91 Å². The Labute approximate surface area is 277 Å². The first-order valence-electron chi connectivity index (χ1n) is 16.5. The number of fused-ring (bicyclic) bond motifs is 1. The van der Waals surface area contributed by atoms with Crippen LogP contribution < -0.4 is 19.7 Å². The van der Waals surface area contributed by atoms with Crippen LogP contribution in [0.1, 0.15) is 77.0 Å². The Kier molecular flexibility index (Phi) is 11.5. The van der Waals surface area contributed by atoms with Gasteiger partial charge in [-0.05, 0) is 62.1 Å². The second-order valence-corrected chi connectivity index (χ2v) is 11.9. The van der Waals surface area contributed by atoms with E-state index in [-0.39, 0.29) is 30.2 Å². The predicted molar refractivity (Wildman–Crippen MR) is 181 cm³/mol. The lowest BCUT2D eigenvalue weighted by atomic mass is 9.99. The van der Waals surface area contributed by atoms with Crippen molar-refractivity contribution in [2.75, 3.05) is 65.1 Å². The molecule has 0 spiro atoms. The van der Waals surface area contributed by atoms with Crippen LogP contribution in [0.2, 0.25) is 0 Å². The second-order valence-electron chi connectivity index (χ2n) is 11.9. The number of nitrogens with one attached hydrogen (secondary N) is 1. The van der Waals surface area contributed by atoms with Gasteiger partial charge in [-0.3, -0.25) is 24.2 Å². The quantitative estimate of drug-likeness (QED) is 0.177. The molecule has 2 aliphatic rings. The molecule has 0 aliphatic carbocycles. The number of carbonyl (C=O) groups is 3. The molecule has 5 rings (SSSR count). The smallest absolute Gasteiger partial charge is 0.264 e. The molecule has 1 N–H and O–H groups in total. The Hall–Kier alpha value is -4.41. The van der Waals surface area contributed by atoms with Gasteiger partial charge in [-0.15, -0.1) is 0 Å². The van der Waals surface area contributed by atoms with E-state index in [2.05, 4.69) is 46.3 Å². The third kappa shape index (κ3) is 7.60. The Bertz CT molecular complexity index is 1540. The van der Waals surface area contributed by atoms with E-state index in [9.17, 15) is 14.4 Å². The van der Waals surface area contributed by atoms with E-state index in [1.54, 1.807) is 26.4 Å². The zero-order valence-corrected chi connectivity index (χ0v) is 27.9. The minimum atomic E-state index is -0.570. The average molecular weight is 643 g/mol. The fourth-order valence-electron chi connectivity index (χ4n) is 6.55. The van der Waals surface area contributed by atoms with Crippen LogP contribution >= 0.6 is 0 Å². The molecular formula is C37H46N4O6. The molecular weight excluding hydrogens is 596 g/mol. The summed E-state index contributed by atoms with van der Waals surface area (Å²) < 4.78 is 16.3. The van der Waals surface area contributed by atoms with Crippen LogP contribution in [0.3, 0.4) is 0 Å². The summed E-state index contributed by atoms with van der Waals surface area (Å²) in [4.78, 5) is 46.7. The van der Waals surface area contributed by atoms with Gasteiger partial charge in [0.05, 0.1) is 43.7 Å². The molecule has 250 valence electrons. The number of methoxy groups -OCH3 is 2. The molecule has 2 atom stereocenters. The van der Waals surface area contributed by atoms with Crippen molar-refractivity contribution in [3.63, 3.8) is 0 Å². The highest BCUT2D eigenvalue weighted by molar-refractivity contribution is 6.24. The highest BCUT2D eigenvalue weighted by Gasteiger charge is 2.43. The standard InChI is InChI=1S/C37H46N4O6/c1-5-47-24-18-34(42)38-19-10-15-30(28-16-17-32(45-3)33(25-28)46-4)41-36(43)29-13-9-14-31(35(29)37(41)44)40-22-20-39(21-23-40)26(2)27-11-7-6-8-12-27/h6-9,11-14,16-17,25-26,30H,5,10,15,18-24H2,1-4H3,(H,38,42)/t26-,30?/m1/s1. The van der Waals surface area contributed by atoms with Gasteiger partial charge in [0.1, 0.15) is 0 Å². The van der Waals surface area contributed by atoms with Crippen molar-refractivity contribution in [2.45, 2.75) is 45.2 Å². The van der Waals surface area contributed by atoms with E-state index < -0.39 is 6.04 Å². The number of hydrogen-bond donors (Lipinski definition) is 1. The highest BCUT2D eigenvalue weighted by Crippen LogP contribution is 2.40. The van der Waals surface area contributed by atoms with Crippen LogP contribution in [0.4, 0.5) is 5.69 Å². The number of ether oxygens (including phenoxy) is 3. The lowest BCUT2D eigenvalue weighted by Crippen LogP contribution is -2.47. The largest absolute Gasteiger partial charge is 0.493 e. The molecule has 10 heteroatoms. The van der Waals surface area contributed by atoms with Crippen molar-refractivity contribution < 1.29 is 28.6 Å². The summed E-state index contributed by atoms with van der Waals surface area (Å²) >= 11 is 0. The van der Waals surface area contributed by atoms with Crippen molar-refractivity contribution >= 4 is 23.4 Å². The highest BCUT2D eigenvalue weighted by atomic mass is 16.5. The maximum atomic E-state index is 14.3. The summed E-state index contributed by atoms with van der Waals surface area (Å²) in [5.74, 6) is 0.357. The van der Waals surface area contributed by atoms with Gasteiger partial charge in [-0.1, -0.05) is 42.5 Å². The summed E-state index contributed by atoms with van der Waals surface area (Å²) in [6, 6.07) is 21.2. The molecule has 1 saturated heterocycles. The van der Waals surface area contributed by atoms with E-state index in [1.807, 2.05) is 37.3 Å². The number of amides is 3. The van der Waals surface area contributed by atoms with Crippen LogP contribution in [0.5, 0.6) is 11.5 Å². The number of rotatable bonds is 15. The Balaban J connectivity index is 1.35. The maximum absolute atomic E-state index is 14.3. The average Bonchev–Trinajstić information content (AvgIpc) is 3.37. The fraction of sp³-hybridized carbons (Fsp3) is 0.432. The molecule has 1 fully saturated rings. The third-order valence-corrected chi connectivity index (χ3v) is 9.17. The monoisotopic (exact) mass is 642 g/mol. The van der Waals surface area contributed by atoms with Crippen LogP contribution in [0.15, 0.2) is 66.7 Å². The lowest BCUT2D eigenvalue weighted by Gasteiger charge is -2.39. The van der Waals surface area contributed by atoms with Crippen molar-refractivity contribution in [3.8, 4) is 11.5 Å². The predicted octanol–water partition coefficient (Wildman–Crippen LogP) is 5.25. The molecule has 0 aromatic heterocycles. The lowest BCUT2D eigenvalue weighted by molar-refractivity contribution is -0.122. The zero-order chi connectivity index (χ0) is 33.3. The first-order chi connectivity index (χ1) is 22.9. The fourth-order valence-corrected chi connectivity index (χ4v) is 6.55. The van der Waals surface area contributed by atoms with Crippen LogP contribution in [-0.2, 0) is 9.53 Å². The molecule has 3 amide bonds. The van der Waals surface area contributed by atoms with Gasteiger partial charge in [-0.25, -0.2) is 0 Å². The van der Waals surface area contributed by atoms with Gasteiger partial charge in [-0.2, -0.15) is 0 Å². The molecule has 0 bridgehead atoms. The Morgan fingerprint density at radius 1 is 0.872 bits per heavy atom. The van der Waals surface area contributed by atoms with Crippen LogP contribution in [0, 0.1) is 0 Å². The van der Waals surface area contributed by atoms with Crippen LogP contribution in [0.25, 0.3) is 0 Å². The summed E-state index contributed by atoms with van der Waals surface area (Å²) in [7, 11) is 3.13. The normalized spacial score (nSPS) is 16.2. The van der Waals surface area contributed by atoms with Gasteiger partial charge < -0.3 is 24.4 Å². The minimum Gasteiger partial charge on any atom is -0.493 e. The van der Waals surface area contributed by atoms with E-state index in [1.165, 1.54) is 10.5 Å². The van der Waals surface area contributed by atoms with Crippen LogP contribution in [-0.4, -0.2) is 87.7 Å². The minimum absolute atomic E-state index is 0.0928. The summed E-state index contributed by atoms with van der Waals surface area (Å²) in [5, 5.41) is 2.93. The topological polar surface area (TPSA) is 101 Å². The number of nitrogens with zero attached hydrogens (tertiary/aromatic N) is 3. The Morgan fingerprint density at radius 3 is 2.32 bits per heavy atom. The summed E-state index contributed by atoms with van der Waals surface area (Å²) in [5.41, 5.74) is 3.70. The number of hydrogen-bond acceptors (Lipinski definition) is 8. The molecule has 3 aromatic carbocycles. The first-order valence-corrected chi connectivity index (χ1v) is 16.5. The molecule has 47 heavy (non-hydrogen) atoms. The number of carbonyl (C=O) groups excluding carboxylic acids is 3. The van der Waals surface area contributed by atoms with Gasteiger partial charge >= 0.3 is 0 Å². The van der Waals surface area contributed by atoms with Crippen molar-refractivity contribution in [1.29, 1.82) is 0 Å². The van der Waals surface area contributed by atoms with E-state index in [4.69, 9.17) is 14.2 Å². The van der Waals surface area contributed by atoms with Gasteiger partial charge in [0.25, 0.3) is 11.8 Å². The molecule has 2 heterocycles. The van der Waals surface area contributed by atoms with Crippen molar-refractivity contribution in [3.05, 3.63) is 89.0 Å². The molecule has 0 saturated carbocycles. The molecule has 10 nitrogen and oxygen atoms in total. The summed E-state index contributed by atoms with van der Waals surface area (Å²) in [6.07, 6.45) is 1.30.